The van der Waals surface area contributed by atoms with Crippen molar-refractivity contribution in [1.29, 1.82) is 0 Å². The summed E-state index contributed by atoms with van der Waals surface area (Å²) < 4.78 is 11.3. The molecule has 3 rings (SSSR count). The van der Waals surface area contributed by atoms with Crippen LogP contribution in [0.5, 0.6) is 5.75 Å². The van der Waals surface area contributed by atoms with Gasteiger partial charge in [0.05, 0.1) is 7.11 Å². The van der Waals surface area contributed by atoms with Crippen LogP contribution in [0.4, 0.5) is 0 Å². The summed E-state index contributed by atoms with van der Waals surface area (Å²) in [5.41, 5.74) is 2.61. The number of ketones is 1. The molecule has 0 bridgehead atoms. The summed E-state index contributed by atoms with van der Waals surface area (Å²) >= 11 is 0. The molecule has 0 aromatic heterocycles. The van der Waals surface area contributed by atoms with Crippen LogP contribution in [0.2, 0.25) is 0 Å². The summed E-state index contributed by atoms with van der Waals surface area (Å²) in [6.45, 7) is 12.3. The van der Waals surface area contributed by atoms with E-state index in [1.807, 2.05) is 6.07 Å². The van der Waals surface area contributed by atoms with Gasteiger partial charge in [-0.15, -0.1) is 0 Å². The first-order chi connectivity index (χ1) is 12.5. The van der Waals surface area contributed by atoms with Crippen LogP contribution in [0.3, 0.4) is 0 Å². The number of carbonyl (C=O) groups excluding carboxylic acids is 2. The monoisotopic (exact) mass is 372 g/mol. The molecule has 0 radical (unpaired) electrons. The lowest BCUT2D eigenvalue weighted by molar-refractivity contribution is -0.154. The minimum absolute atomic E-state index is 0.0928. The van der Waals surface area contributed by atoms with Gasteiger partial charge in [-0.2, -0.15) is 0 Å². The first-order valence-electron chi connectivity index (χ1n) is 9.92. The van der Waals surface area contributed by atoms with E-state index in [1.165, 1.54) is 6.92 Å². The van der Waals surface area contributed by atoms with Crippen molar-refractivity contribution < 1.29 is 19.1 Å². The van der Waals surface area contributed by atoms with Crippen molar-refractivity contribution in [1.82, 2.24) is 0 Å². The van der Waals surface area contributed by atoms with Crippen molar-refractivity contribution in [2.24, 2.45) is 11.3 Å². The maximum atomic E-state index is 13.1. The Morgan fingerprint density at radius 3 is 2.41 bits per heavy atom. The van der Waals surface area contributed by atoms with E-state index in [0.717, 1.165) is 35.3 Å². The molecule has 148 valence electrons. The zero-order chi connectivity index (χ0) is 20.1. The van der Waals surface area contributed by atoms with Gasteiger partial charge in [0.1, 0.15) is 11.9 Å². The molecule has 0 aliphatic heterocycles. The van der Waals surface area contributed by atoms with Crippen LogP contribution in [0.15, 0.2) is 12.1 Å². The molecule has 4 heteroatoms. The van der Waals surface area contributed by atoms with E-state index >= 15 is 0 Å². The average Bonchev–Trinajstić information content (AvgIpc) is 2.54. The molecule has 27 heavy (non-hydrogen) atoms. The Hall–Kier alpha value is -1.84. The normalized spacial score (nSPS) is 29.1. The molecule has 0 amide bonds. The number of hydrogen-bond donors (Lipinski definition) is 0. The van der Waals surface area contributed by atoms with Gasteiger partial charge in [-0.05, 0) is 53.4 Å². The van der Waals surface area contributed by atoms with Crippen molar-refractivity contribution in [3.05, 3.63) is 28.8 Å². The molecule has 0 saturated heterocycles. The number of benzene rings is 1. The quantitative estimate of drug-likeness (QED) is 0.698. The number of fused-ring (bicyclic) bond motifs is 3. The van der Waals surface area contributed by atoms with Crippen LogP contribution in [0.25, 0.3) is 0 Å². The predicted octanol–water partition coefficient (Wildman–Crippen LogP) is 5.03. The first-order valence-corrected chi connectivity index (χ1v) is 9.92. The Bertz CT molecular complexity index is 777. The maximum absolute atomic E-state index is 13.1. The van der Waals surface area contributed by atoms with Gasteiger partial charge < -0.3 is 9.47 Å². The number of methoxy groups -OCH3 is 1. The Kier molecular flexibility index (Phi) is 4.90. The molecule has 1 saturated carbocycles. The molecule has 0 spiro atoms. The second kappa shape index (κ2) is 6.65. The van der Waals surface area contributed by atoms with Gasteiger partial charge in [0.2, 0.25) is 0 Å². The molecular weight excluding hydrogens is 340 g/mol. The van der Waals surface area contributed by atoms with Gasteiger partial charge in [0.25, 0.3) is 0 Å². The number of Topliss-reactive ketones (excluding diaryl/α,β-unsaturated/α-hetero) is 1. The van der Waals surface area contributed by atoms with E-state index in [1.54, 1.807) is 7.11 Å². The highest BCUT2D eigenvalue weighted by molar-refractivity contribution is 6.00. The number of carbonyl (C=O) groups is 2. The van der Waals surface area contributed by atoms with Crippen LogP contribution in [0, 0.1) is 11.3 Å². The van der Waals surface area contributed by atoms with Gasteiger partial charge in [-0.25, -0.2) is 0 Å². The van der Waals surface area contributed by atoms with Crippen LogP contribution in [-0.4, -0.2) is 25.0 Å². The highest BCUT2D eigenvalue weighted by Gasteiger charge is 2.55. The summed E-state index contributed by atoms with van der Waals surface area (Å²) in [4.78, 5) is 24.7. The minimum atomic E-state index is -0.238. The molecule has 0 N–H and O–H groups in total. The largest absolute Gasteiger partial charge is 0.496 e. The van der Waals surface area contributed by atoms with Crippen molar-refractivity contribution in [2.75, 3.05) is 7.11 Å². The number of esters is 1. The molecule has 0 heterocycles. The summed E-state index contributed by atoms with van der Waals surface area (Å²) in [5.74, 6) is 1.31. The fourth-order valence-corrected chi connectivity index (χ4v) is 5.62. The second-order valence-electron chi connectivity index (χ2n) is 9.52. The molecule has 1 aromatic carbocycles. The molecule has 2 aliphatic rings. The van der Waals surface area contributed by atoms with Crippen molar-refractivity contribution in [2.45, 2.75) is 78.2 Å². The zero-order valence-electron chi connectivity index (χ0n) is 17.6. The summed E-state index contributed by atoms with van der Waals surface area (Å²) in [7, 11) is 1.69. The van der Waals surface area contributed by atoms with E-state index in [4.69, 9.17) is 9.47 Å². The Labute approximate surface area is 162 Å². The standard InChI is InChI=1S/C23H32O4/c1-13(2)16-8-17-18(9-20(16)26-7)23(6)12-15(27-14(3)24)11-22(4,5)21(23)10-19(17)25/h8-9,13,15,21H,10-12H2,1-7H3/t15-,21+,23-/m1/s1. The lowest BCUT2D eigenvalue weighted by atomic mass is 9.49. The molecular formula is C23H32O4. The maximum Gasteiger partial charge on any atom is 0.302 e. The summed E-state index contributed by atoms with van der Waals surface area (Å²) in [6, 6.07) is 4.10. The number of ether oxygens (including phenoxy) is 2. The topological polar surface area (TPSA) is 52.6 Å². The zero-order valence-corrected chi connectivity index (χ0v) is 17.6. The Balaban J connectivity index is 2.17. The van der Waals surface area contributed by atoms with Gasteiger partial charge in [-0.3, -0.25) is 9.59 Å². The smallest absolute Gasteiger partial charge is 0.302 e. The van der Waals surface area contributed by atoms with E-state index in [-0.39, 0.29) is 40.5 Å². The highest BCUT2D eigenvalue weighted by atomic mass is 16.5. The summed E-state index contributed by atoms with van der Waals surface area (Å²) in [5, 5.41) is 0. The second-order valence-corrected chi connectivity index (χ2v) is 9.52. The van der Waals surface area contributed by atoms with E-state index in [2.05, 4.69) is 40.7 Å². The third kappa shape index (κ3) is 3.28. The van der Waals surface area contributed by atoms with Gasteiger partial charge in [-0.1, -0.05) is 34.6 Å². The number of rotatable bonds is 3. The van der Waals surface area contributed by atoms with Crippen LogP contribution in [0.1, 0.15) is 88.2 Å². The van der Waals surface area contributed by atoms with Crippen molar-refractivity contribution in [3.63, 3.8) is 0 Å². The van der Waals surface area contributed by atoms with E-state index in [0.29, 0.717) is 6.42 Å². The van der Waals surface area contributed by atoms with Gasteiger partial charge in [0, 0.05) is 24.3 Å². The van der Waals surface area contributed by atoms with E-state index < -0.39 is 0 Å². The fraction of sp³-hybridized carbons (Fsp3) is 0.652. The molecule has 0 unspecified atom stereocenters. The third-order valence-electron chi connectivity index (χ3n) is 6.75. The predicted molar refractivity (Wildman–Crippen MR) is 105 cm³/mol. The lowest BCUT2D eigenvalue weighted by Gasteiger charge is -2.55. The minimum Gasteiger partial charge on any atom is -0.496 e. The lowest BCUT2D eigenvalue weighted by Crippen LogP contribution is -2.53. The van der Waals surface area contributed by atoms with E-state index in [9.17, 15) is 9.59 Å². The average molecular weight is 373 g/mol. The highest BCUT2D eigenvalue weighted by Crippen LogP contribution is 2.58. The Morgan fingerprint density at radius 2 is 1.85 bits per heavy atom. The van der Waals surface area contributed by atoms with Crippen molar-refractivity contribution >= 4 is 11.8 Å². The molecule has 4 nitrogen and oxygen atoms in total. The first kappa shape index (κ1) is 19.9. The fourth-order valence-electron chi connectivity index (χ4n) is 5.62. The Morgan fingerprint density at radius 1 is 1.19 bits per heavy atom. The van der Waals surface area contributed by atoms with Gasteiger partial charge >= 0.3 is 5.97 Å². The summed E-state index contributed by atoms with van der Waals surface area (Å²) in [6.07, 6.45) is 1.95. The number of hydrogen-bond acceptors (Lipinski definition) is 4. The van der Waals surface area contributed by atoms with Crippen molar-refractivity contribution in [3.8, 4) is 5.75 Å². The van der Waals surface area contributed by atoms with Crippen LogP contribution < -0.4 is 4.74 Å². The molecule has 1 aromatic rings. The van der Waals surface area contributed by atoms with Gasteiger partial charge in [0.15, 0.2) is 5.78 Å². The SMILES string of the molecule is COc1cc2c(cc1C(C)C)C(=O)C[C@H]1C(C)(C)C[C@@H](OC(C)=O)C[C@]21C. The molecule has 1 fully saturated rings. The van der Waals surface area contributed by atoms with Crippen LogP contribution in [-0.2, 0) is 14.9 Å². The molecule has 2 aliphatic carbocycles. The van der Waals surface area contributed by atoms with Crippen LogP contribution >= 0.6 is 0 Å². The third-order valence-corrected chi connectivity index (χ3v) is 6.75. The molecule has 3 atom stereocenters.